The molecule has 354 valence electrons. The molecule has 0 aromatic rings. The minimum absolute atomic E-state index is 0.00111. The van der Waals surface area contributed by atoms with Crippen LogP contribution in [-0.2, 0) is 18.4 Å². The maximum absolute atomic E-state index is 12.9. The van der Waals surface area contributed by atoms with E-state index in [4.69, 9.17) is 9.05 Å². The fourth-order valence-electron chi connectivity index (χ4n) is 7.30. The van der Waals surface area contributed by atoms with E-state index in [0.717, 1.165) is 44.9 Å². The molecule has 0 aromatic heterocycles. The van der Waals surface area contributed by atoms with E-state index in [1.165, 1.54) is 167 Å². The fourth-order valence-corrected chi connectivity index (χ4v) is 8.02. The van der Waals surface area contributed by atoms with Gasteiger partial charge in [-0.2, -0.15) is 0 Å². The van der Waals surface area contributed by atoms with Gasteiger partial charge in [0.15, 0.2) is 0 Å². The molecule has 0 spiro atoms. The fraction of sp³-hybridized carbons (Fsp3) is 0.863. The molecule has 3 atom stereocenters. The Morgan fingerprint density at radius 2 is 0.967 bits per heavy atom. The average Bonchev–Trinajstić information content (AvgIpc) is 3.20. The monoisotopic (exact) mass is 867 g/mol. The van der Waals surface area contributed by atoms with E-state index in [1.807, 2.05) is 27.2 Å². The number of nitrogens with zero attached hydrogens (tertiary/aromatic N) is 1. The number of phosphoric acid groups is 1. The second kappa shape index (κ2) is 43.0. The molecule has 8 nitrogen and oxygen atoms in total. The van der Waals surface area contributed by atoms with E-state index < -0.39 is 20.0 Å². The quantitative estimate of drug-likeness (QED) is 0.0273. The standard InChI is InChI=1S/C51H99N2O6P/c1-6-8-10-12-14-16-18-20-22-23-24-25-26-27-28-29-31-33-35-37-39-41-43-45-51(55)52-49(48-59-60(56,57)58-47-46-53(3,4)5)50(54)44-42-40-38-36-34-32-30-21-19-17-15-13-11-9-7-2/h18,20,23-24,42,44,49-50,54H,6-17,19,21-22,25-41,43,45-48H2,1-5H3,(H-,52,55,56,57)/b20-18-,24-23-,44-42+. The summed E-state index contributed by atoms with van der Waals surface area (Å²) in [5.41, 5.74) is 0. The molecule has 0 saturated heterocycles. The molecule has 60 heavy (non-hydrogen) atoms. The zero-order valence-corrected chi connectivity index (χ0v) is 41.1. The van der Waals surface area contributed by atoms with Crippen molar-refractivity contribution in [3.05, 3.63) is 36.5 Å². The summed E-state index contributed by atoms with van der Waals surface area (Å²) in [6, 6.07) is -0.886. The highest BCUT2D eigenvalue weighted by Gasteiger charge is 2.23. The third-order valence-corrected chi connectivity index (χ3v) is 12.3. The number of quaternary nitrogens is 1. The number of aliphatic hydroxyl groups is 1. The van der Waals surface area contributed by atoms with E-state index in [0.29, 0.717) is 17.4 Å². The molecular formula is C51H99N2O6P. The van der Waals surface area contributed by atoms with Gasteiger partial charge in [0.25, 0.3) is 7.82 Å². The van der Waals surface area contributed by atoms with Crippen LogP contribution in [0.15, 0.2) is 36.5 Å². The summed E-state index contributed by atoms with van der Waals surface area (Å²) in [7, 11) is 1.26. The van der Waals surface area contributed by atoms with E-state index >= 15 is 0 Å². The Hall–Kier alpha value is -1.28. The minimum Gasteiger partial charge on any atom is -0.756 e. The molecule has 0 aromatic carbocycles. The summed E-state index contributed by atoms with van der Waals surface area (Å²) < 4.78 is 23.3. The lowest BCUT2D eigenvalue weighted by Crippen LogP contribution is -2.45. The van der Waals surface area contributed by atoms with Crippen molar-refractivity contribution in [2.75, 3.05) is 40.9 Å². The number of hydrogen-bond acceptors (Lipinski definition) is 6. The van der Waals surface area contributed by atoms with Gasteiger partial charge in [0, 0.05) is 6.42 Å². The van der Waals surface area contributed by atoms with Crippen molar-refractivity contribution in [3.63, 3.8) is 0 Å². The van der Waals surface area contributed by atoms with Crippen LogP contribution >= 0.6 is 7.82 Å². The molecule has 0 fully saturated rings. The second-order valence-electron chi connectivity index (χ2n) is 18.5. The Kier molecular flexibility index (Phi) is 42.1. The van der Waals surface area contributed by atoms with Crippen molar-refractivity contribution >= 4 is 13.7 Å². The smallest absolute Gasteiger partial charge is 0.268 e. The van der Waals surface area contributed by atoms with Gasteiger partial charge in [0.2, 0.25) is 5.91 Å². The number of rotatable bonds is 46. The molecular weight excluding hydrogens is 768 g/mol. The van der Waals surface area contributed by atoms with Gasteiger partial charge in [-0.15, -0.1) is 0 Å². The van der Waals surface area contributed by atoms with E-state index in [9.17, 15) is 19.4 Å². The average molecular weight is 867 g/mol. The molecule has 2 N–H and O–H groups in total. The molecule has 0 aliphatic carbocycles. The van der Waals surface area contributed by atoms with Crippen molar-refractivity contribution in [3.8, 4) is 0 Å². The van der Waals surface area contributed by atoms with Crippen LogP contribution in [-0.4, -0.2) is 68.5 Å². The summed E-state index contributed by atoms with van der Waals surface area (Å²) in [5.74, 6) is -0.199. The number of hydrogen-bond donors (Lipinski definition) is 2. The maximum Gasteiger partial charge on any atom is 0.268 e. The van der Waals surface area contributed by atoms with Crippen molar-refractivity contribution in [1.82, 2.24) is 5.32 Å². The first-order valence-electron chi connectivity index (χ1n) is 25.4. The number of phosphoric ester groups is 1. The Morgan fingerprint density at radius 1 is 0.583 bits per heavy atom. The highest BCUT2D eigenvalue weighted by atomic mass is 31.2. The maximum atomic E-state index is 12.9. The Balaban J connectivity index is 4.28. The van der Waals surface area contributed by atoms with E-state index in [-0.39, 0.29) is 19.1 Å². The lowest BCUT2D eigenvalue weighted by atomic mass is 10.0. The molecule has 0 aliphatic heterocycles. The van der Waals surface area contributed by atoms with Gasteiger partial charge in [-0.1, -0.05) is 211 Å². The summed E-state index contributed by atoms with van der Waals surface area (Å²) in [5, 5.41) is 13.8. The number of carbonyl (C=O) groups is 1. The molecule has 0 radical (unpaired) electrons. The number of likely N-dealkylation sites (N-methyl/N-ethyl adjacent to an activating group) is 1. The Morgan fingerprint density at radius 3 is 1.38 bits per heavy atom. The molecule has 0 aliphatic rings. The highest BCUT2D eigenvalue weighted by Crippen LogP contribution is 2.38. The Labute approximate surface area is 372 Å². The normalized spacial score (nSPS) is 14.4. The minimum atomic E-state index is -4.59. The molecule has 0 bridgehead atoms. The van der Waals surface area contributed by atoms with Crippen LogP contribution in [0.3, 0.4) is 0 Å². The van der Waals surface area contributed by atoms with Crippen LogP contribution < -0.4 is 10.2 Å². The topological polar surface area (TPSA) is 108 Å². The van der Waals surface area contributed by atoms with Crippen LogP contribution in [0.5, 0.6) is 0 Å². The number of nitrogens with one attached hydrogen (secondary N) is 1. The second-order valence-corrected chi connectivity index (χ2v) is 19.9. The summed E-state index contributed by atoms with van der Waals surface area (Å²) >= 11 is 0. The van der Waals surface area contributed by atoms with Gasteiger partial charge in [-0.05, 0) is 51.4 Å². The zero-order valence-electron chi connectivity index (χ0n) is 40.2. The van der Waals surface area contributed by atoms with Crippen LogP contribution in [0.2, 0.25) is 0 Å². The van der Waals surface area contributed by atoms with Crippen LogP contribution in [0, 0.1) is 0 Å². The number of amides is 1. The lowest BCUT2D eigenvalue weighted by Gasteiger charge is -2.29. The first-order valence-corrected chi connectivity index (χ1v) is 26.8. The third-order valence-electron chi connectivity index (χ3n) is 11.3. The Bertz CT molecular complexity index is 1070. The molecule has 0 rings (SSSR count). The van der Waals surface area contributed by atoms with Crippen LogP contribution in [0.4, 0.5) is 0 Å². The predicted octanol–water partition coefficient (Wildman–Crippen LogP) is 14.0. The van der Waals surface area contributed by atoms with Gasteiger partial charge in [0.1, 0.15) is 13.2 Å². The first kappa shape index (κ1) is 58.7. The van der Waals surface area contributed by atoms with E-state index in [2.05, 4.69) is 43.5 Å². The van der Waals surface area contributed by atoms with Gasteiger partial charge in [-0.3, -0.25) is 9.36 Å². The van der Waals surface area contributed by atoms with Crippen LogP contribution in [0.1, 0.15) is 232 Å². The predicted molar refractivity (Wildman–Crippen MR) is 256 cm³/mol. The summed E-state index contributed by atoms with van der Waals surface area (Å²) in [6.45, 7) is 4.65. The molecule has 0 saturated carbocycles. The molecule has 1 amide bonds. The van der Waals surface area contributed by atoms with Crippen molar-refractivity contribution in [1.29, 1.82) is 0 Å². The number of carbonyl (C=O) groups excluding carboxylic acids is 1. The molecule has 0 heterocycles. The van der Waals surface area contributed by atoms with Gasteiger partial charge in [0.05, 0.1) is 39.9 Å². The first-order chi connectivity index (χ1) is 29.0. The number of allylic oxidation sites excluding steroid dienone is 5. The van der Waals surface area contributed by atoms with Gasteiger partial charge < -0.3 is 28.8 Å². The largest absolute Gasteiger partial charge is 0.756 e. The zero-order chi connectivity index (χ0) is 44.3. The van der Waals surface area contributed by atoms with Crippen molar-refractivity contribution < 1.29 is 32.9 Å². The van der Waals surface area contributed by atoms with E-state index in [1.54, 1.807) is 6.08 Å². The number of aliphatic hydroxyl groups excluding tert-OH is 1. The molecule has 3 unspecified atom stereocenters. The van der Waals surface area contributed by atoms with Gasteiger partial charge in [-0.25, -0.2) is 0 Å². The SMILES string of the molecule is CCCCCCC/C=C\C/C=C\CCCCCCCCCCCCCC(=O)NC(COP(=O)([O-])OCC[N+](C)(C)C)C(O)/C=C/CCCCCCCCCCCCCCC. The molecule has 9 heteroatoms. The van der Waals surface area contributed by atoms with Crippen molar-refractivity contribution in [2.45, 2.75) is 244 Å². The lowest BCUT2D eigenvalue weighted by molar-refractivity contribution is -0.870. The highest BCUT2D eigenvalue weighted by molar-refractivity contribution is 7.45. The number of unbranched alkanes of at least 4 members (excludes halogenated alkanes) is 29. The summed E-state index contributed by atoms with van der Waals surface area (Å²) in [4.78, 5) is 25.4. The van der Waals surface area contributed by atoms with Crippen LogP contribution in [0.25, 0.3) is 0 Å². The third kappa shape index (κ3) is 44.8. The summed E-state index contributed by atoms with van der Waals surface area (Å²) in [6.07, 6.45) is 53.3. The van der Waals surface area contributed by atoms with Gasteiger partial charge >= 0.3 is 0 Å². The van der Waals surface area contributed by atoms with Crippen molar-refractivity contribution in [2.24, 2.45) is 0 Å².